The van der Waals surface area contributed by atoms with Crippen molar-refractivity contribution < 1.29 is 14.3 Å². The molecular weight excluding hydrogens is 304 g/mol. The number of anilines is 2. The number of para-hydroxylation sites is 1. The Morgan fingerprint density at radius 1 is 1.00 bits per heavy atom. The molecule has 0 aromatic heterocycles. The number of hydrogen-bond donors (Lipinski definition) is 2. The second kappa shape index (κ2) is 8.53. The van der Waals surface area contributed by atoms with E-state index in [0.717, 1.165) is 5.56 Å². The molecule has 5 heteroatoms. The number of methoxy groups -OCH3 is 1. The molecule has 2 aromatic carbocycles. The molecule has 0 aliphatic heterocycles. The van der Waals surface area contributed by atoms with E-state index in [1.165, 1.54) is 6.08 Å². The van der Waals surface area contributed by atoms with Crippen LogP contribution in [0.1, 0.15) is 18.9 Å². The Labute approximate surface area is 141 Å². The smallest absolute Gasteiger partial charge is 0.248 e. The third-order valence-electron chi connectivity index (χ3n) is 3.31. The second-order valence-corrected chi connectivity index (χ2v) is 5.04. The summed E-state index contributed by atoms with van der Waals surface area (Å²) in [5, 5.41) is 5.52. The van der Waals surface area contributed by atoms with E-state index in [4.69, 9.17) is 4.74 Å². The van der Waals surface area contributed by atoms with Crippen LogP contribution in [0.25, 0.3) is 6.08 Å². The number of ether oxygens (including phenoxy) is 1. The Balaban J connectivity index is 1.97. The summed E-state index contributed by atoms with van der Waals surface area (Å²) in [7, 11) is 1.59. The molecule has 2 amide bonds. The largest absolute Gasteiger partial charge is 0.496 e. The third kappa shape index (κ3) is 4.98. The first-order valence-electron chi connectivity index (χ1n) is 7.64. The van der Waals surface area contributed by atoms with Gasteiger partial charge in [-0.05, 0) is 36.4 Å². The normalized spacial score (nSPS) is 10.4. The molecular formula is C19H20N2O3. The number of amides is 2. The van der Waals surface area contributed by atoms with Crippen LogP contribution in [-0.4, -0.2) is 18.9 Å². The van der Waals surface area contributed by atoms with E-state index in [0.29, 0.717) is 23.5 Å². The molecule has 124 valence electrons. The third-order valence-corrected chi connectivity index (χ3v) is 3.31. The molecule has 2 N–H and O–H groups in total. The monoisotopic (exact) mass is 324 g/mol. The predicted octanol–water partition coefficient (Wildman–Crippen LogP) is 3.70. The highest BCUT2D eigenvalue weighted by atomic mass is 16.5. The molecule has 5 nitrogen and oxygen atoms in total. The fourth-order valence-corrected chi connectivity index (χ4v) is 2.04. The fourth-order valence-electron chi connectivity index (χ4n) is 2.04. The fraction of sp³-hybridized carbons (Fsp3) is 0.158. The summed E-state index contributed by atoms with van der Waals surface area (Å²) in [6.07, 6.45) is 3.57. The first-order valence-corrected chi connectivity index (χ1v) is 7.64. The van der Waals surface area contributed by atoms with Crippen LogP contribution in [0.2, 0.25) is 0 Å². The standard InChI is InChI=1S/C19H20N2O3/c1-3-18(22)20-15-9-11-16(12-10-15)21-19(23)13-8-14-6-4-5-7-17(14)24-2/h4-13H,3H2,1-2H3,(H,20,22)(H,21,23)/b13-8+. The van der Waals surface area contributed by atoms with Gasteiger partial charge in [0.25, 0.3) is 0 Å². The summed E-state index contributed by atoms with van der Waals surface area (Å²) >= 11 is 0. The summed E-state index contributed by atoms with van der Waals surface area (Å²) in [5.74, 6) is 0.412. The van der Waals surface area contributed by atoms with Gasteiger partial charge in [-0.15, -0.1) is 0 Å². The molecule has 0 radical (unpaired) electrons. The minimum absolute atomic E-state index is 0.0495. The van der Waals surface area contributed by atoms with Gasteiger partial charge in [-0.2, -0.15) is 0 Å². The average Bonchev–Trinajstić information content (AvgIpc) is 2.61. The lowest BCUT2D eigenvalue weighted by Gasteiger charge is -2.06. The summed E-state index contributed by atoms with van der Waals surface area (Å²) in [4.78, 5) is 23.3. The van der Waals surface area contributed by atoms with Gasteiger partial charge in [0, 0.05) is 29.4 Å². The van der Waals surface area contributed by atoms with Crippen molar-refractivity contribution in [2.45, 2.75) is 13.3 Å². The van der Waals surface area contributed by atoms with E-state index < -0.39 is 0 Å². The molecule has 24 heavy (non-hydrogen) atoms. The van der Waals surface area contributed by atoms with Crippen molar-refractivity contribution in [2.24, 2.45) is 0 Å². The Hall–Kier alpha value is -3.08. The van der Waals surface area contributed by atoms with Gasteiger partial charge < -0.3 is 15.4 Å². The number of carbonyl (C=O) groups excluding carboxylic acids is 2. The minimum atomic E-state index is -0.244. The van der Waals surface area contributed by atoms with Gasteiger partial charge in [0.1, 0.15) is 5.75 Å². The predicted molar refractivity (Wildman–Crippen MR) is 96.0 cm³/mol. The Morgan fingerprint density at radius 3 is 2.25 bits per heavy atom. The zero-order chi connectivity index (χ0) is 17.4. The summed E-state index contributed by atoms with van der Waals surface area (Å²) < 4.78 is 5.23. The molecule has 0 spiro atoms. The molecule has 0 unspecified atom stereocenters. The Morgan fingerprint density at radius 2 is 1.62 bits per heavy atom. The maximum absolute atomic E-state index is 12.0. The summed E-state index contributed by atoms with van der Waals surface area (Å²) in [6.45, 7) is 1.79. The number of nitrogens with one attached hydrogen (secondary N) is 2. The van der Waals surface area contributed by atoms with Crippen molar-refractivity contribution in [1.29, 1.82) is 0 Å². The van der Waals surface area contributed by atoms with Crippen LogP contribution in [-0.2, 0) is 9.59 Å². The van der Waals surface area contributed by atoms with Crippen molar-refractivity contribution in [1.82, 2.24) is 0 Å². The van der Waals surface area contributed by atoms with Crippen molar-refractivity contribution in [2.75, 3.05) is 17.7 Å². The molecule has 2 aromatic rings. The topological polar surface area (TPSA) is 67.4 Å². The van der Waals surface area contributed by atoms with Gasteiger partial charge in [0.05, 0.1) is 7.11 Å². The molecule has 2 rings (SSSR count). The number of hydrogen-bond acceptors (Lipinski definition) is 3. The van der Waals surface area contributed by atoms with Crippen molar-refractivity contribution >= 4 is 29.3 Å². The number of benzene rings is 2. The van der Waals surface area contributed by atoms with Crippen LogP contribution < -0.4 is 15.4 Å². The van der Waals surface area contributed by atoms with Crippen LogP contribution in [0.15, 0.2) is 54.6 Å². The van der Waals surface area contributed by atoms with E-state index in [2.05, 4.69) is 10.6 Å². The lowest BCUT2D eigenvalue weighted by molar-refractivity contribution is -0.116. The van der Waals surface area contributed by atoms with E-state index >= 15 is 0 Å². The van der Waals surface area contributed by atoms with Crippen LogP contribution in [0.5, 0.6) is 5.75 Å². The first-order chi connectivity index (χ1) is 11.6. The highest BCUT2D eigenvalue weighted by molar-refractivity contribution is 6.02. The molecule has 0 aliphatic rings. The van der Waals surface area contributed by atoms with E-state index in [1.54, 1.807) is 44.4 Å². The molecule has 0 saturated carbocycles. The maximum atomic E-state index is 12.0. The molecule has 0 aliphatic carbocycles. The van der Waals surface area contributed by atoms with Gasteiger partial charge >= 0.3 is 0 Å². The molecule has 0 atom stereocenters. The molecule has 0 bridgehead atoms. The van der Waals surface area contributed by atoms with Crippen LogP contribution >= 0.6 is 0 Å². The lowest BCUT2D eigenvalue weighted by Crippen LogP contribution is -2.10. The maximum Gasteiger partial charge on any atom is 0.248 e. The van der Waals surface area contributed by atoms with E-state index in [-0.39, 0.29) is 11.8 Å². The minimum Gasteiger partial charge on any atom is -0.496 e. The first kappa shape index (κ1) is 17.3. The summed E-state index contributed by atoms with van der Waals surface area (Å²) in [5.41, 5.74) is 2.18. The van der Waals surface area contributed by atoms with Gasteiger partial charge in [-0.1, -0.05) is 25.1 Å². The summed E-state index contributed by atoms with van der Waals surface area (Å²) in [6, 6.07) is 14.4. The SMILES string of the molecule is CCC(=O)Nc1ccc(NC(=O)/C=C/c2ccccc2OC)cc1. The van der Waals surface area contributed by atoms with Gasteiger partial charge in [0.2, 0.25) is 11.8 Å². The van der Waals surface area contributed by atoms with Crippen molar-refractivity contribution in [3.63, 3.8) is 0 Å². The zero-order valence-electron chi connectivity index (χ0n) is 13.7. The van der Waals surface area contributed by atoms with Gasteiger partial charge in [-0.25, -0.2) is 0 Å². The highest BCUT2D eigenvalue weighted by Gasteiger charge is 2.02. The lowest BCUT2D eigenvalue weighted by atomic mass is 10.2. The number of rotatable bonds is 6. The van der Waals surface area contributed by atoms with Crippen molar-refractivity contribution in [3.05, 3.63) is 60.2 Å². The Kier molecular flexibility index (Phi) is 6.14. The van der Waals surface area contributed by atoms with Gasteiger partial charge in [-0.3, -0.25) is 9.59 Å². The van der Waals surface area contributed by atoms with Crippen LogP contribution in [0.3, 0.4) is 0 Å². The van der Waals surface area contributed by atoms with Crippen LogP contribution in [0, 0.1) is 0 Å². The Bertz CT molecular complexity index is 737. The highest BCUT2D eigenvalue weighted by Crippen LogP contribution is 2.19. The molecule has 0 fully saturated rings. The average molecular weight is 324 g/mol. The zero-order valence-corrected chi connectivity index (χ0v) is 13.7. The van der Waals surface area contributed by atoms with E-state index in [9.17, 15) is 9.59 Å². The molecule has 0 saturated heterocycles. The molecule has 0 heterocycles. The quantitative estimate of drug-likeness (QED) is 0.796. The van der Waals surface area contributed by atoms with Crippen molar-refractivity contribution in [3.8, 4) is 5.75 Å². The van der Waals surface area contributed by atoms with Crippen LogP contribution in [0.4, 0.5) is 11.4 Å². The van der Waals surface area contributed by atoms with E-state index in [1.807, 2.05) is 24.3 Å². The van der Waals surface area contributed by atoms with Gasteiger partial charge in [0.15, 0.2) is 0 Å². The number of carbonyl (C=O) groups is 2. The second-order valence-electron chi connectivity index (χ2n) is 5.04.